The van der Waals surface area contributed by atoms with Crippen LogP contribution in [-0.4, -0.2) is 22.8 Å². The molecule has 4 aliphatic carbocycles. The number of rotatable bonds is 0. The molecule has 0 amide bonds. The van der Waals surface area contributed by atoms with Crippen molar-refractivity contribution >= 4 is 11.6 Å². The topological polar surface area (TPSA) is 54.4 Å². The molecule has 4 rings (SSSR count). The lowest BCUT2D eigenvalue weighted by Gasteiger charge is -2.59. The van der Waals surface area contributed by atoms with E-state index < -0.39 is 0 Å². The van der Waals surface area contributed by atoms with E-state index in [1.165, 1.54) is 0 Å². The maximum atomic E-state index is 12.9. The number of carbonyl (C=O) groups is 2. The van der Waals surface area contributed by atoms with E-state index in [9.17, 15) is 14.7 Å². The molecule has 0 aromatic carbocycles. The first kappa shape index (κ1) is 14.9. The molecule has 4 saturated carbocycles. The molecule has 0 saturated heterocycles. The molecular formula is C19H28O3. The van der Waals surface area contributed by atoms with Crippen LogP contribution in [0.2, 0.25) is 0 Å². The van der Waals surface area contributed by atoms with Gasteiger partial charge in [0, 0.05) is 24.2 Å². The molecule has 7 atom stereocenters. The van der Waals surface area contributed by atoms with E-state index in [0.29, 0.717) is 36.2 Å². The van der Waals surface area contributed by atoms with Gasteiger partial charge in [0.1, 0.15) is 11.6 Å². The van der Waals surface area contributed by atoms with Gasteiger partial charge >= 0.3 is 0 Å². The van der Waals surface area contributed by atoms with Crippen molar-refractivity contribution in [3.05, 3.63) is 0 Å². The van der Waals surface area contributed by atoms with Crippen molar-refractivity contribution in [3.8, 4) is 0 Å². The second-order valence-corrected chi connectivity index (χ2v) is 8.96. The lowest BCUT2D eigenvalue weighted by molar-refractivity contribution is -0.160. The van der Waals surface area contributed by atoms with E-state index in [2.05, 4.69) is 13.8 Å². The van der Waals surface area contributed by atoms with Crippen LogP contribution in [0.15, 0.2) is 0 Å². The highest BCUT2D eigenvalue weighted by Gasteiger charge is 2.62. The van der Waals surface area contributed by atoms with Gasteiger partial charge in [-0.15, -0.1) is 0 Å². The molecule has 0 radical (unpaired) electrons. The first-order valence-corrected chi connectivity index (χ1v) is 9.10. The van der Waals surface area contributed by atoms with Crippen LogP contribution in [-0.2, 0) is 9.59 Å². The molecule has 0 aromatic heterocycles. The maximum Gasteiger partial charge on any atom is 0.139 e. The van der Waals surface area contributed by atoms with E-state index in [1.807, 2.05) is 0 Å². The molecule has 0 bridgehead atoms. The van der Waals surface area contributed by atoms with Gasteiger partial charge in [-0.25, -0.2) is 0 Å². The summed E-state index contributed by atoms with van der Waals surface area (Å²) in [5.74, 6) is 1.99. The van der Waals surface area contributed by atoms with Crippen LogP contribution >= 0.6 is 0 Å². The quantitative estimate of drug-likeness (QED) is 0.748. The fraction of sp³-hybridized carbons (Fsp3) is 0.895. The SMILES string of the molecule is C[C@]12CC[C@H](O)C[C@@H]1CC(=O)[C@H]1[C@H]2CC[C@]2(C)C(=O)CC[C@H]12. The summed E-state index contributed by atoms with van der Waals surface area (Å²) in [5, 5.41) is 10.0. The zero-order valence-electron chi connectivity index (χ0n) is 13.8. The van der Waals surface area contributed by atoms with E-state index >= 15 is 0 Å². The first-order valence-electron chi connectivity index (χ1n) is 9.10. The smallest absolute Gasteiger partial charge is 0.139 e. The van der Waals surface area contributed by atoms with Crippen molar-refractivity contribution in [1.82, 2.24) is 0 Å². The van der Waals surface area contributed by atoms with Gasteiger partial charge in [-0.3, -0.25) is 9.59 Å². The average molecular weight is 304 g/mol. The molecule has 0 spiro atoms. The second kappa shape index (κ2) is 4.66. The van der Waals surface area contributed by atoms with E-state index in [-0.39, 0.29) is 28.8 Å². The zero-order valence-corrected chi connectivity index (χ0v) is 13.8. The Balaban J connectivity index is 1.70. The summed E-state index contributed by atoms with van der Waals surface area (Å²) in [4.78, 5) is 25.3. The van der Waals surface area contributed by atoms with Gasteiger partial charge in [0.15, 0.2) is 0 Å². The van der Waals surface area contributed by atoms with Gasteiger partial charge in [0.05, 0.1) is 6.10 Å². The minimum atomic E-state index is -0.228. The zero-order chi connectivity index (χ0) is 15.7. The van der Waals surface area contributed by atoms with E-state index in [1.54, 1.807) is 0 Å². The summed E-state index contributed by atoms with van der Waals surface area (Å²) in [5.41, 5.74) is -0.0288. The Morgan fingerprint density at radius 3 is 2.59 bits per heavy atom. The Kier molecular flexibility index (Phi) is 3.15. The fourth-order valence-corrected chi connectivity index (χ4v) is 6.68. The monoisotopic (exact) mass is 304 g/mol. The van der Waals surface area contributed by atoms with Gasteiger partial charge in [0.25, 0.3) is 0 Å². The number of ketones is 2. The van der Waals surface area contributed by atoms with Crippen LogP contribution in [0, 0.1) is 34.5 Å². The fourth-order valence-electron chi connectivity index (χ4n) is 6.68. The van der Waals surface area contributed by atoms with Crippen LogP contribution < -0.4 is 0 Å². The van der Waals surface area contributed by atoms with Crippen molar-refractivity contribution in [2.75, 3.05) is 0 Å². The number of hydrogen-bond acceptors (Lipinski definition) is 3. The van der Waals surface area contributed by atoms with Crippen LogP contribution in [0.3, 0.4) is 0 Å². The second-order valence-electron chi connectivity index (χ2n) is 8.96. The summed E-state index contributed by atoms with van der Waals surface area (Å²) < 4.78 is 0. The Morgan fingerprint density at radius 1 is 1.05 bits per heavy atom. The van der Waals surface area contributed by atoms with Gasteiger partial charge < -0.3 is 5.11 Å². The normalized spacial score (nSPS) is 54.6. The predicted molar refractivity (Wildman–Crippen MR) is 83.1 cm³/mol. The Hall–Kier alpha value is -0.700. The molecular weight excluding hydrogens is 276 g/mol. The predicted octanol–water partition coefficient (Wildman–Crippen LogP) is 3.14. The molecule has 122 valence electrons. The summed E-state index contributed by atoms with van der Waals surface area (Å²) >= 11 is 0. The molecule has 4 fully saturated rings. The summed E-state index contributed by atoms with van der Waals surface area (Å²) in [6, 6.07) is 0. The largest absolute Gasteiger partial charge is 0.393 e. The Labute approximate surface area is 132 Å². The number of carbonyl (C=O) groups excluding carboxylic acids is 2. The van der Waals surface area contributed by atoms with Crippen molar-refractivity contribution in [2.24, 2.45) is 34.5 Å². The van der Waals surface area contributed by atoms with Crippen LogP contribution in [0.1, 0.15) is 65.2 Å². The molecule has 4 aliphatic rings. The van der Waals surface area contributed by atoms with E-state index in [0.717, 1.165) is 38.5 Å². The minimum absolute atomic E-state index is 0.113. The minimum Gasteiger partial charge on any atom is -0.393 e. The number of aliphatic hydroxyl groups is 1. The third-order valence-corrected chi connectivity index (χ3v) is 8.15. The van der Waals surface area contributed by atoms with Crippen LogP contribution in [0.4, 0.5) is 0 Å². The number of fused-ring (bicyclic) bond motifs is 5. The lowest BCUT2D eigenvalue weighted by atomic mass is 9.45. The Bertz CT molecular complexity index is 527. The molecule has 0 unspecified atom stereocenters. The summed E-state index contributed by atoms with van der Waals surface area (Å²) in [7, 11) is 0. The molecule has 0 heterocycles. The van der Waals surface area contributed by atoms with Crippen LogP contribution in [0.25, 0.3) is 0 Å². The standard InChI is InChI=1S/C19H28O3/c1-18-7-5-12(20)9-11(18)10-15(21)17-13-3-4-16(22)19(13,2)8-6-14(17)18/h11-14,17,20H,3-10H2,1-2H3/t11-,12+,13-,14-,17-,18+,19+/m1/s1. The Morgan fingerprint density at radius 2 is 1.82 bits per heavy atom. The first-order chi connectivity index (χ1) is 10.4. The molecule has 0 aromatic rings. The van der Waals surface area contributed by atoms with Crippen molar-refractivity contribution in [3.63, 3.8) is 0 Å². The highest BCUT2D eigenvalue weighted by Crippen LogP contribution is 2.64. The maximum absolute atomic E-state index is 12.9. The van der Waals surface area contributed by atoms with Gasteiger partial charge in [-0.1, -0.05) is 13.8 Å². The molecule has 3 heteroatoms. The third-order valence-electron chi connectivity index (χ3n) is 8.15. The van der Waals surface area contributed by atoms with Crippen LogP contribution in [0.5, 0.6) is 0 Å². The summed E-state index contributed by atoms with van der Waals surface area (Å²) in [6.07, 6.45) is 6.73. The third kappa shape index (κ3) is 1.78. The van der Waals surface area contributed by atoms with Crippen molar-refractivity contribution in [1.29, 1.82) is 0 Å². The van der Waals surface area contributed by atoms with Gasteiger partial charge in [-0.2, -0.15) is 0 Å². The molecule has 1 N–H and O–H groups in total. The number of aliphatic hydroxyl groups excluding tert-OH is 1. The molecule has 3 nitrogen and oxygen atoms in total. The molecule has 22 heavy (non-hydrogen) atoms. The summed E-state index contributed by atoms with van der Waals surface area (Å²) in [6.45, 7) is 4.49. The highest BCUT2D eigenvalue weighted by molar-refractivity contribution is 5.90. The van der Waals surface area contributed by atoms with Crippen molar-refractivity contribution in [2.45, 2.75) is 71.3 Å². The lowest BCUT2D eigenvalue weighted by Crippen LogP contribution is -2.57. The molecule has 0 aliphatic heterocycles. The highest BCUT2D eigenvalue weighted by atomic mass is 16.3. The van der Waals surface area contributed by atoms with Gasteiger partial charge in [-0.05, 0) is 61.7 Å². The van der Waals surface area contributed by atoms with Crippen molar-refractivity contribution < 1.29 is 14.7 Å². The van der Waals surface area contributed by atoms with Gasteiger partial charge in [0.2, 0.25) is 0 Å². The number of hydrogen-bond donors (Lipinski definition) is 1. The number of Topliss-reactive ketones (excluding diaryl/α,β-unsaturated/α-hetero) is 2. The van der Waals surface area contributed by atoms with E-state index in [4.69, 9.17) is 0 Å². The average Bonchev–Trinajstić information content (AvgIpc) is 2.77.